The Morgan fingerprint density at radius 2 is 2.31 bits per heavy atom. The van der Waals surface area contributed by atoms with Crippen LogP contribution in [0.3, 0.4) is 0 Å². The molecule has 0 aromatic carbocycles. The lowest BCUT2D eigenvalue weighted by molar-refractivity contribution is 0.644. The van der Waals surface area contributed by atoms with Gasteiger partial charge < -0.3 is 9.88 Å². The van der Waals surface area contributed by atoms with Crippen LogP contribution in [0.5, 0.6) is 0 Å². The van der Waals surface area contributed by atoms with Crippen molar-refractivity contribution in [1.29, 1.82) is 0 Å². The van der Waals surface area contributed by atoms with E-state index in [0.29, 0.717) is 0 Å². The Balaban J connectivity index is 1.72. The van der Waals surface area contributed by atoms with E-state index in [1.54, 1.807) is 24.9 Å². The highest BCUT2D eigenvalue weighted by Crippen LogP contribution is 1.93. The molecule has 0 unspecified atom stereocenters. The van der Waals surface area contributed by atoms with Gasteiger partial charge in [-0.15, -0.1) is 10.2 Å². The number of hydrogen-bond acceptors (Lipinski definition) is 5. The zero-order valence-electron chi connectivity index (χ0n) is 9.17. The Labute approximate surface area is 93.8 Å². The summed E-state index contributed by atoms with van der Waals surface area (Å²) in [6, 6.07) is 0. The molecule has 0 bridgehead atoms. The molecule has 0 aliphatic rings. The molecule has 2 heterocycles. The van der Waals surface area contributed by atoms with Crippen LogP contribution in [0.2, 0.25) is 0 Å². The van der Waals surface area contributed by atoms with Gasteiger partial charge in [-0.25, -0.2) is 0 Å². The standard InChI is InChI=1S/C10H14N6/c1-16-8-14-15-10(16)2-3-11-6-9-7-12-4-5-13-9/h4-5,7-8,11H,2-3,6H2,1H3. The van der Waals surface area contributed by atoms with Crippen molar-refractivity contribution in [2.45, 2.75) is 13.0 Å². The summed E-state index contributed by atoms with van der Waals surface area (Å²) >= 11 is 0. The first-order valence-corrected chi connectivity index (χ1v) is 5.15. The second-order valence-electron chi connectivity index (χ2n) is 3.48. The molecule has 0 atom stereocenters. The summed E-state index contributed by atoms with van der Waals surface area (Å²) in [5, 5.41) is 11.1. The lowest BCUT2D eigenvalue weighted by atomic mass is 10.3. The van der Waals surface area contributed by atoms with Gasteiger partial charge in [-0.2, -0.15) is 0 Å². The Bertz CT molecular complexity index is 424. The molecule has 0 aliphatic heterocycles. The van der Waals surface area contributed by atoms with Gasteiger partial charge >= 0.3 is 0 Å². The zero-order chi connectivity index (χ0) is 11.2. The largest absolute Gasteiger partial charge is 0.321 e. The molecular formula is C10H14N6. The maximum Gasteiger partial charge on any atom is 0.133 e. The Morgan fingerprint density at radius 1 is 1.38 bits per heavy atom. The van der Waals surface area contributed by atoms with Gasteiger partial charge in [-0.1, -0.05) is 0 Å². The molecule has 0 saturated carbocycles. The van der Waals surface area contributed by atoms with Crippen molar-refractivity contribution in [3.8, 4) is 0 Å². The minimum absolute atomic E-state index is 0.728. The van der Waals surface area contributed by atoms with Crippen LogP contribution in [-0.2, 0) is 20.0 Å². The number of nitrogens with zero attached hydrogens (tertiary/aromatic N) is 5. The molecule has 16 heavy (non-hydrogen) atoms. The van der Waals surface area contributed by atoms with Crippen molar-refractivity contribution >= 4 is 0 Å². The van der Waals surface area contributed by atoms with Gasteiger partial charge in [0, 0.05) is 45.1 Å². The third kappa shape index (κ3) is 2.83. The average Bonchev–Trinajstić information content (AvgIpc) is 2.72. The van der Waals surface area contributed by atoms with Gasteiger partial charge in [0.05, 0.1) is 5.69 Å². The number of aryl methyl sites for hydroxylation is 1. The van der Waals surface area contributed by atoms with E-state index in [0.717, 1.165) is 31.0 Å². The highest BCUT2D eigenvalue weighted by molar-refractivity contribution is 4.94. The van der Waals surface area contributed by atoms with Gasteiger partial charge in [0.15, 0.2) is 0 Å². The third-order valence-electron chi connectivity index (χ3n) is 2.25. The maximum absolute atomic E-state index is 4.17. The van der Waals surface area contributed by atoms with Crippen LogP contribution in [-0.4, -0.2) is 31.3 Å². The Morgan fingerprint density at radius 3 is 3.00 bits per heavy atom. The van der Waals surface area contributed by atoms with Crippen LogP contribution in [0.4, 0.5) is 0 Å². The topological polar surface area (TPSA) is 68.5 Å². The maximum atomic E-state index is 4.17. The molecule has 0 spiro atoms. The van der Waals surface area contributed by atoms with Crippen LogP contribution >= 0.6 is 0 Å². The summed E-state index contributed by atoms with van der Waals surface area (Å²) in [7, 11) is 1.94. The van der Waals surface area contributed by atoms with Crippen molar-refractivity contribution in [2.75, 3.05) is 6.54 Å². The smallest absolute Gasteiger partial charge is 0.133 e. The number of rotatable bonds is 5. The third-order valence-corrected chi connectivity index (χ3v) is 2.25. The summed E-state index contributed by atoms with van der Waals surface area (Å²) < 4.78 is 1.92. The van der Waals surface area contributed by atoms with E-state index in [1.807, 2.05) is 11.6 Å². The summed E-state index contributed by atoms with van der Waals surface area (Å²) in [6.45, 7) is 1.58. The number of hydrogen-bond donors (Lipinski definition) is 1. The summed E-state index contributed by atoms with van der Waals surface area (Å²) in [5.41, 5.74) is 0.945. The minimum atomic E-state index is 0.728. The number of aromatic nitrogens is 5. The second kappa shape index (κ2) is 5.32. The van der Waals surface area contributed by atoms with Crippen molar-refractivity contribution < 1.29 is 0 Å². The fraction of sp³-hybridized carbons (Fsp3) is 0.400. The van der Waals surface area contributed by atoms with Crippen molar-refractivity contribution in [1.82, 2.24) is 30.0 Å². The van der Waals surface area contributed by atoms with Gasteiger partial charge in [0.25, 0.3) is 0 Å². The van der Waals surface area contributed by atoms with Crippen LogP contribution in [0.15, 0.2) is 24.9 Å². The number of nitrogens with one attached hydrogen (secondary N) is 1. The highest BCUT2D eigenvalue weighted by Gasteiger charge is 1.99. The summed E-state index contributed by atoms with van der Waals surface area (Å²) in [6.07, 6.45) is 7.69. The second-order valence-corrected chi connectivity index (χ2v) is 3.48. The average molecular weight is 218 g/mol. The van der Waals surface area contributed by atoms with Crippen LogP contribution < -0.4 is 5.32 Å². The fourth-order valence-electron chi connectivity index (χ4n) is 1.37. The van der Waals surface area contributed by atoms with Gasteiger partial charge in [-0.3, -0.25) is 9.97 Å². The molecule has 6 nitrogen and oxygen atoms in total. The summed E-state index contributed by atoms with van der Waals surface area (Å²) in [4.78, 5) is 8.17. The molecule has 0 radical (unpaired) electrons. The van der Waals surface area contributed by atoms with E-state index in [1.165, 1.54) is 0 Å². The predicted octanol–water partition coefficient (Wildman–Crippen LogP) is -0.0626. The zero-order valence-corrected chi connectivity index (χ0v) is 9.17. The normalized spacial score (nSPS) is 10.6. The van der Waals surface area contributed by atoms with Crippen molar-refractivity contribution in [3.05, 3.63) is 36.4 Å². The molecule has 2 rings (SSSR count). The highest BCUT2D eigenvalue weighted by atomic mass is 15.2. The monoisotopic (exact) mass is 218 g/mol. The van der Waals surface area contributed by atoms with Crippen molar-refractivity contribution in [2.24, 2.45) is 7.05 Å². The quantitative estimate of drug-likeness (QED) is 0.712. The molecular weight excluding hydrogens is 204 g/mol. The Kier molecular flexibility index (Phi) is 3.55. The van der Waals surface area contributed by atoms with E-state index in [-0.39, 0.29) is 0 Å². The molecule has 0 saturated heterocycles. The molecule has 2 aromatic heterocycles. The molecule has 1 N–H and O–H groups in total. The first kappa shape index (κ1) is 10.7. The van der Waals surface area contributed by atoms with Crippen LogP contribution in [0.1, 0.15) is 11.5 Å². The fourth-order valence-corrected chi connectivity index (χ4v) is 1.37. The van der Waals surface area contributed by atoms with Crippen molar-refractivity contribution in [3.63, 3.8) is 0 Å². The van der Waals surface area contributed by atoms with E-state index in [4.69, 9.17) is 0 Å². The molecule has 84 valence electrons. The molecule has 0 aliphatic carbocycles. The van der Waals surface area contributed by atoms with E-state index < -0.39 is 0 Å². The predicted molar refractivity (Wildman–Crippen MR) is 58.4 cm³/mol. The molecule has 0 amide bonds. The SMILES string of the molecule is Cn1cnnc1CCNCc1cnccn1. The van der Waals surface area contributed by atoms with Gasteiger partial charge in [0.1, 0.15) is 12.2 Å². The van der Waals surface area contributed by atoms with Gasteiger partial charge in [0.2, 0.25) is 0 Å². The van der Waals surface area contributed by atoms with E-state index in [2.05, 4.69) is 25.5 Å². The lowest BCUT2D eigenvalue weighted by Gasteiger charge is -2.03. The molecule has 2 aromatic rings. The molecule has 0 fully saturated rings. The van der Waals surface area contributed by atoms with E-state index in [9.17, 15) is 0 Å². The first-order chi connectivity index (χ1) is 7.86. The van der Waals surface area contributed by atoms with Crippen LogP contribution in [0.25, 0.3) is 0 Å². The van der Waals surface area contributed by atoms with Gasteiger partial charge in [-0.05, 0) is 0 Å². The molecule has 6 heteroatoms. The minimum Gasteiger partial charge on any atom is -0.321 e. The lowest BCUT2D eigenvalue weighted by Crippen LogP contribution is -2.18. The first-order valence-electron chi connectivity index (χ1n) is 5.15. The summed E-state index contributed by atoms with van der Waals surface area (Å²) in [5.74, 6) is 0.978. The van der Waals surface area contributed by atoms with E-state index >= 15 is 0 Å². The Hall–Kier alpha value is -1.82. The van der Waals surface area contributed by atoms with Crippen LogP contribution in [0, 0.1) is 0 Å².